The van der Waals surface area contributed by atoms with Gasteiger partial charge >= 0.3 is 0 Å². The second kappa shape index (κ2) is 8.43. The largest absolute Gasteiger partial charge is 0.282 e. The van der Waals surface area contributed by atoms with Gasteiger partial charge in [0.2, 0.25) is 0 Å². The number of nitro groups is 1. The maximum atomic E-state index is 13.3. The molecule has 29 heavy (non-hydrogen) atoms. The van der Waals surface area contributed by atoms with Gasteiger partial charge in [0.1, 0.15) is 5.56 Å². The number of nitrogens with one attached hydrogen (secondary N) is 1. The van der Waals surface area contributed by atoms with Gasteiger partial charge in [-0.25, -0.2) is 5.01 Å². The fourth-order valence-corrected chi connectivity index (χ4v) is 2.70. The average Bonchev–Trinajstić information content (AvgIpc) is 2.64. The first kappa shape index (κ1) is 22.1. The number of nitrogens with zero attached hydrogens (tertiary/aromatic N) is 2. The van der Waals surface area contributed by atoms with Gasteiger partial charge in [-0.15, -0.1) is 0 Å². The summed E-state index contributed by atoms with van der Waals surface area (Å²) in [7, 11) is 0. The van der Waals surface area contributed by atoms with E-state index >= 15 is 0 Å². The fraction of sp³-hybridized carbons (Fsp3) is 0.364. The molecule has 0 saturated heterocycles. The van der Waals surface area contributed by atoms with Crippen molar-refractivity contribution in [3.05, 3.63) is 74.8 Å². The third-order valence-electron chi connectivity index (χ3n) is 4.97. The van der Waals surface area contributed by atoms with Crippen molar-refractivity contribution in [2.24, 2.45) is 5.41 Å². The predicted octanol–water partition coefficient (Wildman–Crippen LogP) is 4.43. The summed E-state index contributed by atoms with van der Waals surface area (Å²) in [6, 6.07) is 10.9. The molecule has 1 N–H and O–H groups in total. The minimum absolute atomic E-state index is 0.0599. The van der Waals surface area contributed by atoms with Gasteiger partial charge in [0.25, 0.3) is 17.5 Å². The number of benzene rings is 2. The first-order valence-corrected chi connectivity index (χ1v) is 9.38. The predicted molar refractivity (Wildman–Crippen MR) is 112 cm³/mol. The summed E-state index contributed by atoms with van der Waals surface area (Å²) < 4.78 is 0. The summed E-state index contributed by atoms with van der Waals surface area (Å²) in [4.78, 5) is 37.0. The molecule has 1 unspecified atom stereocenters. The van der Waals surface area contributed by atoms with E-state index < -0.39 is 22.8 Å². The monoisotopic (exact) mass is 397 g/mol. The average molecular weight is 397 g/mol. The van der Waals surface area contributed by atoms with Crippen molar-refractivity contribution in [1.29, 1.82) is 0 Å². The van der Waals surface area contributed by atoms with Gasteiger partial charge in [0.05, 0.1) is 11.0 Å². The van der Waals surface area contributed by atoms with E-state index in [0.29, 0.717) is 11.1 Å². The molecule has 7 heteroatoms. The zero-order chi connectivity index (χ0) is 21.9. The van der Waals surface area contributed by atoms with Crippen LogP contribution in [-0.2, 0) is 0 Å². The topological polar surface area (TPSA) is 92.6 Å². The van der Waals surface area contributed by atoms with Crippen molar-refractivity contribution in [1.82, 2.24) is 10.4 Å². The highest BCUT2D eigenvalue weighted by Crippen LogP contribution is 2.27. The van der Waals surface area contributed by atoms with Crippen molar-refractivity contribution < 1.29 is 14.5 Å². The third-order valence-corrected chi connectivity index (χ3v) is 4.97. The number of amides is 2. The quantitative estimate of drug-likeness (QED) is 0.610. The maximum Gasteiger partial charge on any atom is 0.282 e. The molecule has 2 aromatic rings. The molecule has 0 aliphatic carbocycles. The Morgan fingerprint density at radius 1 is 1.03 bits per heavy atom. The van der Waals surface area contributed by atoms with Crippen LogP contribution < -0.4 is 5.43 Å². The second-order valence-electron chi connectivity index (χ2n) is 8.30. The van der Waals surface area contributed by atoms with Crippen molar-refractivity contribution in [2.75, 3.05) is 0 Å². The number of rotatable bonds is 4. The molecule has 0 spiro atoms. The Morgan fingerprint density at radius 3 is 2.10 bits per heavy atom. The summed E-state index contributed by atoms with van der Waals surface area (Å²) in [6.07, 6.45) is 0. The Kier molecular flexibility index (Phi) is 6.41. The summed E-state index contributed by atoms with van der Waals surface area (Å²) >= 11 is 0. The normalized spacial score (nSPS) is 12.2. The standard InChI is InChI=1S/C22H27N3O4/c1-14-7-10-17(11-8-14)20(26)23-24(16(3)22(4,5)6)21(27)18-13-15(2)9-12-19(18)25(28)29/h7-13,16H,1-6H3,(H,23,26). The molecule has 0 aliphatic heterocycles. The van der Waals surface area contributed by atoms with E-state index in [9.17, 15) is 19.7 Å². The Labute approximate surface area is 170 Å². The van der Waals surface area contributed by atoms with E-state index in [-0.39, 0.29) is 16.7 Å². The van der Waals surface area contributed by atoms with Gasteiger partial charge in [-0.3, -0.25) is 25.1 Å². The smallest absolute Gasteiger partial charge is 0.267 e. The molecule has 0 bridgehead atoms. The summed E-state index contributed by atoms with van der Waals surface area (Å²) in [5, 5.41) is 12.6. The van der Waals surface area contributed by atoms with E-state index in [4.69, 9.17) is 0 Å². The van der Waals surface area contributed by atoms with E-state index in [1.807, 2.05) is 27.7 Å². The van der Waals surface area contributed by atoms with Crippen LogP contribution in [0.5, 0.6) is 0 Å². The molecule has 2 amide bonds. The van der Waals surface area contributed by atoms with Crippen LogP contribution in [0, 0.1) is 29.4 Å². The lowest BCUT2D eigenvalue weighted by Crippen LogP contribution is -2.55. The summed E-state index contributed by atoms with van der Waals surface area (Å²) in [6.45, 7) is 11.3. The number of aryl methyl sites for hydroxylation is 2. The molecule has 0 saturated carbocycles. The van der Waals surface area contributed by atoms with Crippen LogP contribution in [-0.4, -0.2) is 27.8 Å². The molecule has 0 radical (unpaired) electrons. The molecule has 1 atom stereocenters. The van der Waals surface area contributed by atoms with Crippen LogP contribution in [0.1, 0.15) is 59.5 Å². The third kappa shape index (κ3) is 5.19. The van der Waals surface area contributed by atoms with Crippen molar-refractivity contribution in [3.8, 4) is 0 Å². The Balaban J connectivity index is 2.47. The molecule has 0 aromatic heterocycles. The summed E-state index contributed by atoms with van der Waals surface area (Å²) in [5.74, 6) is -1.08. The SMILES string of the molecule is Cc1ccc(C(=O)NN(C(=O)c2cc(C)ccc2[N+](=O)[O-])C(C)C(C)(C)C)cc1. The molecular formula is C22H27N3O4. The lowest BCUT2D eigenvalue weighted by Gasteiger charge is -2.37. The van der Waals surface area contributed by atoms with Gasteiger partial charge in [-0.1, -0.05) is 44.5 Å². The number of carbonyl (C=O) groups is 2. The number of hydrogen-bond acceptors (Lipinski definition) is 4. The minimum atomic E-state index is -0.622. The second-order valence-corrected chi connectivity index (χ2v) is 8.30. The van der Waals surface area contributed by atoms with E-state index in [2.05, 4.69) is 5.43 Å². The van der Waals surface area contributed by atoms with Crippen LogP contribution in [0.2, 0.25) is 0 Å². The first-order chi connectivity index (χ1) is 13.4. The Bertz CT molecular complexity index is 930. The number of carbonyl (C=O) groups excluding carboxylic acids is 2. The molecular weight excluding hydrogens is 370 g/mol. The van der Waals surface area contributed by atoms with Crippen LogP contribution in [0.15, 0.2) is 42.5 Å². The summed E-state index contributed by atoms with van der Waals surface area (Å²) in [5.41, 5.74) is 4.05. The van der Waals surface area contributed by atoms with Gasteiger partial charge in [-0.05, 0) is 49.9 Å². The van der Waals surface area contributed by atoms with Crippen LogP contribution in [0.3, 0.4) is 0 Å². The van der Waals surface area contributed by atoms with Crippen LogP contribution in [0.25, 0.3) is 0 Å². The lowest BCUT2D eigenvalue weighted by molar-refractivity contribution is -0.385. The molecule has 7 nitrogen and oxygen atoms in total. The van der Waals surface area contributed by atoms with Gasteiger partial charge in [0, 0.05) is 11.6 Å². The number of nitro benzene ring substituents is 1. The van der Waals surface area contributed by atoms with Crippen molar-refractivity contribution >= 4 is 17.5 Å². The van der Waals surface area contributed by atoms with Crippen LogP contribution in [0.4, 0.5) is 5.69 Å². The Morgan fingerprint density at radius 2 is 1.59 bits per heavy atom. The maximum absolute atomic E-state index is 13.3. The lowest BCUT2D eigenvalue weighted by atomic mass is 9.87. The first-order valence-electron chi connectivity index (χ1n) is 9.38. The van der Waals surface area contributed by atoms with Gasteiger partial charge in [0.15, 0.2) is 0 Å². The molecule has 2 rings (SSSR count). The van der Waals surface area contributed by atoms with E-state index in [0.717, 1.165) is 5.56 Å². The van der Waals surface area contributed by atoms with Gasteiger partial charge < -0.3 is 0 Å². The zero-order valence-corrected chi connectivity index (χ0v) is 17.6. The van der Waals surface area contributed by atoms with Crippen molar-refractivity contribution in [3.63, 3.8) is 0 Å². The molecule has 0 heterocycles. The minimum Gasteiger partial charge on any atom is -0.267 e. The highest BCUT2D eigenvalue weighted by atomic mass is 16.6. The van der Waals surface area contributed by atoms with Crippen molar-refractivity contribution in [2.45, 2.75) is 47.6 Å². The highest BCUT2D eigenvalue weighted by Gasteiger charge is 2.34. The van der Waals surface area contributed by atoms with E-state index in [1.165, 1.54) is 17.1 Å². The number of hydrazine groups is 1. The number of hydrogen-bond donors (Lipinski definition) is 1. The fourth-order valence-electron chi connectivity index (χ4n) is 2.70. The van der Waals surface area contributed by atoms with Crippen LogP contribution >= 0.6 is 0 Å². The van der Waals surface area contributed by atoms with E-state index in [1.54, 1.807) is 44.2 Å². The highest BCUT2D eigenvalue weighted by molar-refractivity contribution is 6.01. The Hall–Kier alpha value is -3.22. The molecule has 2 aromatic carbocycles. The molecule has 0 fully saturated rings. The molecule has 154 valence electrons. The van der Waals surface area contributed by atoms with Gasteiger partial charge in [-0.2, -0.15) is 0 Å². The molecule has 0 aliphatic rings. The zero-order valence-electron chi connectivity index (χ0n) is 17.6.